The molecule has 0 spiro atoms. The van der Waals surface area contributed by atoms with Gasteiger partial charge in [-0.25, -0.2) is 0 Å². The van der Waals surface area contributed by atoms with E-state index in [1.165, 1.54) is 24.0 Å². The van der Waals surface area contributed by atoms with Crippen LogP contribution in [0, 0.1) is 0 Å². The van der Waals surface area contributed by atoms with E-state index < -0.39 is 0 Å². The Hall–Kier alpha value is -0.900. The summed E-state index contributed by atoms with van der Waals surface area (Å²) in [5.74, 6) is 0.813. The number of hydrogen-bond acceptors (Lipinski definition) is 3. The Morgan fingerprint density at radius 2 is 1.94 bits per heavy atom. The molecule has 0 bridgehead atoms. The van der Waals surface area contributed by atoms with Crippen molar-refractivity contribution in [1.29, 1.82) is 0 Å². The molecule has 1 saturated carbocycles. The largest absolute Gasteiger partial charge is 0.396 e. The molecule has 1 aromatic carbocycles. The van der Waals surface area contributed by atoms with E-state index in [4.69, 9.17) is 10.8 Å². The van der Waals surface area contributed by atoms with Crippen molar-refractivity contribution in [2.45, 2.75) is 37.6 Å². The monoisotopic (exact) mass is 248 g/mol. The summed E-state index contributed by atoms with van der Waals surface area (Å²) in [5.41, 5.74) is 8.55. The van der Waals surface area contributed by atoms with Crippen LogP contribution in [-0.4, -0.2) is 24.8 Å². The molecular formula is C15H24N2O. The highest BCUT2D eigenvalue weighted by atomic mass is 16.2. The highest BCUT2D eigenvalue weighted by Crippen LogP contribution is 2.40. The highest BCUT2D eigenvalue weighted by Gasteiger charge is 2.23. The van der Waals surface area contributed by atoms with Crippen LogP contribution in [0.2, 0.25) is 0 Å². The van der Waals surface area contributed by atoms with Gasteiger partial charge in [-0.05, 0) is 49.3 Å². The third kappa shape index (κ3) is 3.80. The van der Waals surface area contributed by atoms with E-state index in [2.05, 4.69) is 29.6 Å². The summed E-state index contributed by atoms with van der Waals surface area (Å²) in [6.07, 6.45) is 4.54. The molecule has 0 heterocycles. The second-order valence-corrected chi connectivity index (χ2v) is 5.11. The average Bonchev–Trinajstić information content (AvgIpc) is 3.24. The zero-order valence-corrected chi connectivity index (χ0v) is 10.9. The summed E-state index contributed by atoms with van der Waals surface area (Å²) in [5, 5.41) is 12.2. The minimum absolute atomic E-state index is 0.233. The minimum Gasteiger partial charge on any atom is -0.396 e. The normalized spacial score (nSPS) is 16.8. The molecule has 18 heavy (non-hydrogen) atoms. The third-order valence-corrected chi connectivity index (χ3v) is 3.60. The molecule has 4 N–H and O–H groups in total. The maximum atomic E-state index is 8.74. The van der Waals surface area contributed by atoms with Gasteiger partial charge in [-0.2, -0.15) is 0 Å². The number of nitrogens with one attached hydrogen (secondary N) is 1. The maximum absolute atomic E-state index is 8.74. The van der Waals surface area contributed by atoms with Gasteiger partial charge in [0.05, 0.1) is 0 Å². The summed E-state index contributed by atoms with van der Waals surface area (Å²) >= 11 is 0. The lowest BCUT2D eigenvalue weighted by molar-refractivity contribution is 0.282. The van der Waals surface area contributed by atoms with E-state index in [0.29, 0.717) is 6.54 Å². The molecule has 0 amide bonds. The highest BCUT2D eigenvalue weighted by molar-refractivity contribution is 5.29. The van der Waals surface area contributed by atoms with Gasteiger partial charge in [0.1, 0.15) is 0 Å². The summed E-state index contributed by atoms with van der Waals surface area (Å²) < 4.78 is 0. The average molecular weight is 248 g/mol. The first-order valence-electron chi connectivity index (χ1n) is 6.99. The fourth-order valence-electron chi connectivity index (χ4n) is 2.27. The molecule has 1 aromatic rings. The number of unbranched alkanes of at least 4 members (excludes halogenated alkanes) is 1. The fourth-order valence-corrected chi connectivity index (χ4v) is 2.27. The molecule has 1 aliphatic carbocycles. The molecule has 1 unspecified atom stereocenters. The van der Waals surface area contributed by atoms with Crippen LogP contribution in [0.4, 0.5) is 0 Å². The Balaban J connectivity index is 1.85. The van der Waals surface area contributed by atoms with Crippen molar-refractivity contribution in [3.05, 3.63) is 35.4 Å². The predicted molar refractivity (Wildman–Crippen MR) is 74.5 cm³/mol. The van der Waals surface area contributed by atoms with E-state index in [9.17, 15) is 0 Å². The molecule has 0 radical (unpaired) electrons. The second kappa shape index (κ2) is 6.88. The maximum Gasteiger partial charge on any atom is 0.0444 e. The first-order valence-corrected chi connectivity index (χ1v) is 6.99. The molecule has 0 saturated heterocycles. The number of benzene rings is 1. The van der Waals surface area contributed by atoms with Crippen molar-refractivity contribution in [1.82, 2.24) is 5.32 Å². The lowest BCUT2D eigenvalue weighted by atomic mass is 10.0. The van der Waals surface area contributed by atoms with Crippen LogP contribution in [0.5, 0.6) is 0 Å². The van der Waals surface area contributed by atoms with Crippen molar-refractivity contribution in [3.8, 4) is 0 Å². The van der Waals surface area contributed by atoms with Gasteiger partial charge < -0.3 is 16.2 Å². The number of nitrogens with two attached hydrogens (primary N) is 1. The number of aliphatic hydroxyl groups is 1. The third-order valence-electron chi connectivity index (χ3n) is 3.60. The molecule has 1 fully saturated rings. The quantitative estimate of drug-likeness (QED) is 0.616. The Kier molecular flexibility index (Phi) is 5.17. The Morgan fingerprint density at radius 3 is 2.50 bits per heavy atom. The van der Waals surface area contributed by atoms with Gasteiger partial charge in [0.2, 0.25) is 0 Å². The van der Waals surface area contributed by atoms with Crippen molar-refractivity contribution in [2.24, 2.45) is 5.73 Å². The number of aliphatic hydroxyl groups excluding tert-OH is 1. The molecular weight excluding hydrogens is 224 g/mol. The van der Waals surface area contributed by atoms with E-state index in [1.807, 2.05) is 0 Å². The van der Waals surface area contributed by atoms with Crippen LogP contribution >= 0.6 is 0 Å². The van der Waals surface area contributed by atoms with E-state index in [1.54, 1.807) is 0 Å². The van der Waals surface area contributed by atoms with Gasteiger partial charge in [-0.15, -0.1) is 0 Å². The minimum atomic E-state index is 0.233. The first-order chi connectivity index (χ1) is 8.85. The smallest absolute Gasteiger partial charge is 0.0444 e. The van der Waals surface area contributed by atoms with Gasteiger partial charge in [0, 0.05) is 19.2 Å². The number of hydrogen-bond donors (Lipinski definition) is 3. The van der Waals surface area contributed by atoms with Gasteiger partial charge in [0.15, 0.2) is 0 Å². The Bertz CT molecular complexity index is 346. The zero-order chi connectivity index (χ0) is 12.8. The molecule has 100 valence electrons. The Morgan fingerprint density at radius 1 is 1.22 bits per heavy atom. The summed E-state index contributed by atoms with van der Waals surface area (Å²) in [7, 11) is 0. The molecule has 1 aliphatic rings. The second-order valence-electron chi connectivity index (χ2n) is 5.11. The van der Waals surface area contributed by atoms with Gasteiger partial charge in [0.25, 0.3) is 0 Å². The predicted octanol–water partition coefficient (Wildman–Crippen LogP) is 1.93. The van der Waals surface area contributed by atoms with Gasteiger partial charge >= 0.3 is 0 Å². The lowest BCUT2D eigenvalue weighted by Crippen LogP contribution is -2.29. The van der Waals surface area contributed by atoms with Crippen molar-refractivity contribution < 1.29 is 5.11 Å². The molecule has 3 nitrogen and oxygen atoms in total. The van der Waals surface area contributed by atoms with Crippen molar-refractivity contribution in [2.75, 3.05) is 19.7 Å². The van der Waals surface area contributed by atoms with E-state index in [0.717, 1.165) is 25.3 Å². The molecule has 0 aromatic heterocycles. The Labute approximate surface area is 109 Å². The molecule has 2 rings (SSSR count). The van der Waals surface area contributed by atoms with Crippen LogP contribution < -0.4 is 11.1 Å². The van der Waals surface area contributed by atoms with Crippen LogP contribution in [-0.2, 0) is 0 Å². The van der Waals surface area contributed by atoms with Crippen LogP contribution in [0.1, 0.15) is 48.8 Å². The van der Waals surface area contributed by atoms with Crippen LogP contribution in [0.3, 0.4) is 0 Å². The van der Waals surface area contributed by atoms with Gasteiger partial charge in [-0.3, -0.25) is 0 Å². The van der Waals surface area contributed by atoms with Crippen LogP contribution in [0.15, 0.2) is 24.3 Å². The van der Waals surface area contributed by atoms with E-state index >= 15 is 0 Å². The molecule has 1 atom stereocenters. The lowest BCUT2D eigenvalue weighted by Gasteiger charge is -2.17. The summed E-state index contributed by atoms with van der Waals surface area (Å²) in [6, 6.07) is 9.11. The summed E-state index contributed by atoms with van der Waals surface area (Å²) in [4.78, 5) is 0. The van der Waals surface area contributed by atoms with Crippen molar-refractivity contribution >= 4 is 0 Å². The zero-order valence-electron chi connectivity index (χ0n) is 10.9. The standard InChI is InChI=1S/C15H24N2O/c16-11-15(17-9-1-2-10-18)14-7-5-13(6-8-14)12-3-4-12/h5-8,12,15,17-18H,1-4,9-11,16H2. The topological polar surface area (TPSA) is 58.3 Å². The van der Waals surface area contributed by atoms with E-state index in [-0.39, 0.29) is 12.6 Å². The summed E-state index contributed by atoms with van der Waals surface area (Å²) in [6.45, 7) is 1.79. The molecule has 3 heteroatoms. The SMILES string of the molecule is NCC(NCCCCO)c1ccc(C2CC2)cc1. The first kappa shape index (κ1) is 13.5. The van der Waals surface area contributed by atoms with Crippen molar-refractivity contribution in [3.63, 3.8) is 0 Å². The number of rotatable bonds is 8. The molecule has 0 aliphatic heterocycles. The van der Waals surface area contributed by atoms with Crippen LogP contribution in [0.25, 0.3) is 0 Å². The van der Waals surface area contributed by atoms with Gasteiger partial charge in [-0.1, -0.05) is 24.3 Å². The fraction of sp³-hybridized carbons (Fsp3) is 0.600.